The van der Waals surface area contributed by atoms with E-state index in [2.05, 4.69) is 10.3 Å². The van der Waals surface area contributed by atoms with E-state index in [1.54, 1.807) is 42.2 Å². The van der Waals surface area contributed by atoms with E-state index in [1.807, 2.05) is 18.9 Å². The number of ether oxygens (including phenoxy) is 1. The monoisotopic (exact) mass is 570 g/mol. The summed E-state index contributed by atoms with van der Waals surface area (Å²) in [4.78, 5) is 33.8. The Kier molecular flexibility index (Phi) is 9.29. The summed E-state index contributed by atoms with van der Waals surface area (Å²) in [6.07, 6.45) is -1.75. The molecular formula is C30H33F3N4O4. The number of fused-ring (bicyclic) bond motifs is 1. The predicted molar refractivity (Wildman–Crippen MR) is 148 cm³/mol. The summed E-state index contributed by atoms with van der Waals surface area (Å²) in [6, 6.07) is 12.6. The molecule has 218 valence electrons. The molecule has 0 unspecified atom stereocenters. The lowest BCUT2D eigenvalue weighted by Crippen LogP contribution is -2.49. The quantitative estimate of drug-likeness (QED) is 0.408. The molecule has 3 aromatic rings. The molecule has 1 aliphatic heterocycles. The lowest BCUT2D eigenvalue weighted by Gasteiger charge is -2.38. The summed E-state index contributed by atoms with van der Waals surface area (Å²) >= 11 is 0. The van der Waals surface area contributed by atoms with Gasteiger partial charge in [0.1, 0.15) is 11.9 Å². The minimum atomic E-state index is -4.39. The molecule has 41 heavy (non-hydrogen) atoms. The predicted octanol–water partition coefficient (Wildman–Crippen LogP) is 4.70. The molecule has 0 aliphatic carbocycles. The van der Waals surface area contributed by atoms with Gasteiger partial charge in [-0.25, -0.2) is 0 Å². The van der Waals surface area contributed by atoms with Crippen molar-refractivity contribution in [2.24, 2.45) is 5.92 Å². The van der Waals surface area contributed by atoms with Gasteiger partial charge >= 0.3 is 6.18 Å². The molecule has 0 bridgehead atoms. The summed E-state index contributed by atoms with van der Waals surface area (Å²) in [5.41, 5.74) is 1.09. The number of aliphatic hydroxyl groups excluding tert-OH is 1. The first kappa shape index (κ1) is 30.0. The largest absolute Gasteiger partial charge is 0.488 e. The van der Waals surface area contributed by atoms with Gasteiger partial charge in [-0.1, -0.05) is 19.1 Å². The fraction of sp³-hybridized carbons (Fsp3) is 0.367. The third-order valence-corrected chi connectivity index (χ3v) is 7.09. The minimum Gasteiger partial charge on any atom is -0.488 e. The van der Waals surface area contributed by atoms with Crippen LogP contribution in [0.15, 0.2) is 67.0 Å². The maximum atomic E-state index is 13.6. The van der Waals surface area contributed by atoms with Crippen LogP contribution in [0.5, 0.6) is 5.75 Å². The second-order valence-electron chi connectivity index (χ2n) is 10.4. The normalized spacial score (nSPS) is 18.2. The van der Waals surface area contributed by atoms with Crippen LogP contribution in [0.2, 0.25) is 0 Å². The van der Waals surface area contributed by atoms with Gasteiger partial charge in [-0.15, -0.1) is 0 Å². The summed E-state index contributed by atoms with van der Waals surface area (Å²) in [5, 5.41) is 12.7. The zero-order chi connectivity index (χ0) is 29.7. The van der Waals surface area contributed by atoms with E-state index in [1.165, 1.54) is 24.5 Å². The SMILES string of the molecule is C[C@H]1CN([C@@H](C)CO)C(=O)c2cc(NC(=O)c3ccncc3)ccc2O[C@@H]1CN(C)Cc1ccc(C(F)(F)F)cc1. The maximum Gasteiger partial charge on any atom is 0.416 e. The fourth-order valence-electron chi connectivity index (χ4n) is 4.71. The van der Waals surface area contributed by atoms with E-state index in [9.17, 15) is 27.9 Å². The minimum absolute atomic E-state index is 0.137. The second-order valence-corrected chi connectivity index (χ2v) is 10.4. The standard InChI is InChI=1S/C30H33F3N4O4/c1-19-15-37(20(2)18-38)29(40)25-14-24(35-28(39)22-10-12-34-13-11-22)8-9-26(25)41-27(19)17-36(3)16-21-4-6-23(7-5-21)30(31,32)33/h4-14,19-20,27,38H,15-18H2,1-3H3,(H,35,39)/t19-,20-,27+/m0/s1. The van der Waals surface area contributed by atoms with Gasteiger partial charge in [0.15, 0.2) is 0 Å². The second kappa shape index (κ2) is 12.7. The van der Waals surface area contributed by atoms with Crippen LogP contribution < -0.4 is 10.1 Å². The van der Waals surface area contributed by atoms with Gasteiger partial charge in [0.2, 0.25) is 0 Å². The number of pyridine rings is 1. The molecule has 0 fully saturated rings. The molecular weight excluding hydrogens is 537 g/mol. The third kappa shape index (κ3) is 7.42. The number of rotatable bonds is 8. The number of halogens is 3. The fourth-order valence-corrected chi connectivity index (χ4v) is 4.71. The number of anilines is 1. The Morgan fingerprint density at radius 2 is 1.85 bits per heavy atom. The Balaban J connectivity index is 1.56. The maximum absolute atomic E-state index is 13.6. The van der Waals surface area contributed by atoms with E-state index in [0.29, 0.717) is 36.6 Å². The first-order chi connectivity index (χ1) is 19.5. The van der Waals surface area contributed by atoms with Crippen LogP contribution in [-0.2, 0) is 12.7 Å². The Hall–Kier alpha value is -3.96. The van der Waals surface area contributed by atoms with E-state index >= 15 is 0 Å². The van der Waals surface area contributed by atoms with E-state index in [-0.39, 0.29) is 36.0 Å². The van der Waals surface area contributed by atoms with Gasteiger partial charge in [0.25, 0.3) is 11.8 Å². The molecule has 8 nitrogen and oxygen atoms in total. The molecule has 0 saturated carbocycles. The van der Waals surface area contributed by atoms with Gasteiger partial charge in [0, 0.05) is 49.2 Å². The number of alkyl halides is 3. The van der Waals surface area contributed by atoms with E-state index in [0.717, 1.165) is 17.7 Å². The number of carbonyl (C=O) groups excluding carboxylic acids is 2. The van der Waals surface area contributed by atoms with Gasteiger partial charge in [0.05, 0.1) is 23.8 Å². The van der Waals surface area contributed by atoms with Crippen LogP contribution in [0, 0.1) is 5.92 Å². The summed E-state index contributed by atoms with van der Waals surface area (Å²) < 4.78 is 45.2. The van der Waals surface area contributed by atoms with Crippen molar-refractivity contribution >= 4 is 17.5 Å². The molecule has 1 aromatic heterocycles. The molecule has 11 heteroatoms. The zero-order valence-corrected chi connectivity index (χ0v) is 23.1. The Labute approximate surface area is 236 Å². The first-order valence-electron chi connectivity index (χ1n) is 13.2. The molecule has 3 atom stereocenters. The lowest BCUT2D eigenvalue weighted by molar-refractivity contribution is -0.137. The number of nitrogens with zero attached hydrogens (tertiary/aromatic N) is 3. The van der Waals surface area contributed by atoms with E-state index in [4.69, 9.17) is 4.74 Å². The lowest BCUT2D eigenvalue weighted by atomic mass is 9.99. The van der Waals surface area contributed by atoms with Gasteiger partial charge in [-0.2, -0.15) is 13.2 Å². The van der Waals surface area contributed by atoms with Crippen molar-refractivity contribution in [3.05, 3.63) is 89.2 Å². The molecule has 2 heterocycles. The third-order valence-electron chi connectivity index (χ3n) is 7.09. The van der Waals surface area contributed by atoms with Crippen molar-refractivity contribution in [1.82, 2.24) is 14.8 Å². The van der Waals surface area contributed by atoms with Crippen LogP contribution in [0.25, 0.3) is 0 Å². The van der Waals surface area contributed by atoms with Crippen molar-refractivity contribution in [2.75, 3.05) is 32.1 Å². The number of carbonyl (C=O) groups is 2. The van der Waals surface area contributed by atoms with Crippen molar-refractivity contribution in [3.63, 3.8) is 0 Å². The molecule has 4 rings (SSSR count). The molecule has 2 amide bonds. The Morgan fingerprint density at radius 1 is 1.17 bits per heavy atom. The van der Waals surface area contributed by atoms with Crippen LogP contribution in [0.3, 0.4) is 0 Å². The molecule has 0 radical (unpaired) electrons. The van der Waals surface area contributed by atoms with Crippen molar-refractivity contribution < 1.29 is 32.6 Å². The zero-order valence-electron chi connectivity index (χ0n) is 23.1. The highest BCUT2D eigenvalue weighted by Gasteiger charge is 2.34. The van der Waals surface area contributed by atoms with Crippen molar-refractivity contribution in [3.8, 4) is 5.75 Å². The van der Waals surface area contributed by atoms with Crippen LogP contribution in [0.1, 0.15) is 45.7 Å². The van der Waals surface area contributed by atoms with Crippen LogP contribution in [0.4, 0.5) is 18.9 Å². The molecule has 0 saturated heterocycles. The van der Waals surface area contributed by atoms with E-state index < -0.39 is 17.8 Å². The average Bonchev–Trinajstić information content (AvgIpc) is 2.95. The Morgan fingerprint density at radius 3 is 2.49 bits per heavy atom. The number of benzene rings is 2. The highest BCUT2D eigenvalue weighted by molar-refractivity contribution is 6.05. The molecule has 2 N–H and O–H groups in total. The van der Waals surface area contributed by atoms with Crippen molar-refractivity contribution in [2.45, 2.75) is 38.7 Å². The smallest absolute Gasteiger partial charge is 0.416 e. The first-order valence-corrected chi connectivity index (χ1v) is 13.2. The molecule has 0 spiro atoms. The number of amides is 2. The highest BCUT2D eigenvalue weighted by Crippen LogP contribution is 2.32. The topological polar surface area (TPSA) is 95.0 Å². The molecule has 2 aromatic carbocycles. The number of hydrogen-bond donors (Lipinski definition) is 2. The van der Waals surface area contributed by atoms with Gasteiger partial charge in [-0.05, 0) is 62.0 Å². The Bertz CT molecular complexity index is 1350. The van der Waals surface area contributed by atoms with Gasteiger partial charge in [-0.3, -0.25) is 19.5 Å². The van der Waals surface area contributed by atoms with Crippen LogP contribution >= 0.6 is 0 Å². The van der Waals surface area contributed by atoms with Crippen molar-refractivity contribution in [1.29, 1.82) is 0 Å². The number of nitrogens with one attached hydrogen (secondary N) is 1. The van der Waals surface area contributed by atoms with Gasteiger partial charge < -0.3 is 20.1 Å². The highest BCUT2D eigenvalue weighted by atomic mass is 19.4. The molecule has 1 aliphatic rings. The number of hydrogen-bond acceptors (Lipinski definition) is 6. The summed E-state index contributed by atoms with van der Waals surface area (Å²) in [7, 11) is 1.85. The average molecular weight is 571 g/mol. The number of aliphatic hydroxyl groups is 1. The summed E-state index contributed by atoms with van der Waals surface area (Å²) in [6.45, 7) is 4.62. The van der Waals surface area contributed by atoms with Crippen LogP contribution in [-0.4, -0.2) is 70.6 Å². The summed E-state index contributed by atoms with van der Waals surface area (Å²) in [5.74, 6) is -0.484. The number of aromatic nitrogens is 1. The number of likely N-dealkylation sites (N-methyl/N-ethyl adjacent to an activating group) is 1.